The predicted molar refractivity (Wildman–Crippen MR) is 104 cm³/mol. The smallest absolute Gasteiger partial charge is 0.279 e. The summed E-state index contributed by atoms with van der Waals surface area (Å²) >= 11 is 0. The van der Waals surface area contributed by atoms with Crippen LogP contribution in [-0.2, 0) is 19.1 Å². The van der Waals surface area contributed by atoms with Gasteiger partial charge in [-0.1, -0.05) is 12.1 Å². The topological polar surface area (TPSA) is 92.2 Å². The van der Waals surface area contributed by atoms with Gasteiger partial charge in [-0.2, -0.15) is 0 Å². The zero-order valence-electron chi connectivity index (χ0n) is 16.8. The summed E-state index contributed by atoms with van der Waals surface area (Å²) in [5.41, 5.74) is 2.89. The number of hydrogen-bond acceptors (Lipinski definition) is 4. The molecule has 0 spiro atoms. The van der Waals surface area contributed by atoms with Crippen molar-refractivity contribution < 1.29 is 24.0 Å². The summed E-state index contributed by atoms with van der Waals surface area (Å²) in [7, 11) is 4.67. The molecule has 27 heavy (non-hydrogen) atoms. The maximum atomic E-state index is 12.5. The molecular formula is C19H31N4O4+. The third-order valence-electron chi connectivity index (χ3n) is 4.44. The van der Waals surface area contributed by atoms with Crippen LogP contribution in [0.5, 0.6) is 0 Å². The number of nitrogens with zero attached hydrogens (tertiary/aromatic N) is 1. The molecule has 1 rings (SSSR count). The molecule has 1 unspecified atom stereocenters. The Kier molecular flexibility index (Phi) is 9.46. The molecule has 0 aromatic heterocycles. The zero-order chi connectivity index (χ0) is 20.4. The number of aryl methyl sites for hydroxylation is 1. The molecule has 0 radical (unpaired) electrons. The average Bonchev–Trinajstić information content (AvgIpc) is 2.63. The summed E-state index contributed by atoms with van der Waals surface area (Å²) < 4.78 is 5.09. The first-order valence-electron chi connectivity index (χ1n) is 8.91. The number of carbonyl (C=O) groups is 3. The summed E-state index contributed by atoms with van der Waals surface area (Å²) in [6, 6.07) is 5.74. The van der Waals surface area contributed by atoms with E-state index in [1.165, 1.54) is 11.9 Å². The second-order valence-electron chi connectivity index (χ2n) is 6.56. The highest BCUT2D eigenvalue weighted by molar-refractivity contribution is 5.92. The SMILES string of the molecule is CNC(=O)CN(C)C(=O)C[NH+](CCOC)CC(=O)Nc1cccc(C)c1C. The Morgan fingerprint density at radius 2 is 1.85 bits per heavy atom. The van der Waals surface area contributed by atoms with Crippen LogP contribution in [0.1, 0.15) is 11.1 Å². The first-order chi connectivity index (χ1) is 12.8. The lowest BCUT2D eigenvalue weighted by Crippen LogP contribution is -3.14. The molecule has 0 aliphatic heterocycles. The highest BCUT2D eigenvalue weighted by Gasteiger charge is 2.22. The highest BCUT2D eigenvalue weighted by atomic mass is 16.5. The van der Waals surface area contributed by atoms with E-state index in [2.05, 4.69) is 10.6 Å². The summed E-state index contributed by atoms with van der Waals surface area (Å²) in [5, 5.41) is 5.40. The number of carbonyl (C=O) groups excluding carboxylic acids is 3. The van der Waals surface area contributed by atoms with Crippen molar-refractivity contribution in [3.63, 3.8) is 0 Å². The molecule has 0 saturated carbocycles. The quantitative estimate of drug-likeness (QED) is 0.485. The van der Waals surface area contributed by atoms with Gasteiger partial charge in [0.15, 0.2) is 13.1 Å². The first-order valence-corrected chi connectivity index (χ1v) is 8.91. The van der Waals surface area contributed by atoms with E-state index >= 15 is 0 Å². The molecule has 8 nitrogen and oxygen atoms in total. The van der Waals surface area contributed by atoms with Gasteiger partial charge >= 0.3 is 0 Å². The number of hydrogen-bond donors (Lipinski definition) is 3. The van der Waals surface area contributed by atoms with E-state index in [1.54, 1.807) is 14.2 Å². The molecule has 3 amide bonds. The van der Waals surface area contributed by atoms with Crippen molar-refractivity contribution in [1.29, 1.82) is 0 Å². The zero-order valence-corrected chi connectivity index (χ0v) is 16.8. The minimum Gasteiger partial charge on any atom is -0.379 e. The minimum absolute atomic E-state index is 0.0123. The van der Waals surface area contributed by atoms with E-state index in [0.717, 1.165) is 21.7 Å². The number of methoxy groups -OCH3 is 1. The largest absolute Gasteiger partial charge is 0.379 e. The van der Waals surface area contributed by atoms with Crippen molar-refractivity contribution in [2.75, 3.05) is 59.3 Å². The lowest BCUT2D eigenvalue weighted by atomic mass is 10.1. The average molecular weight is 379 g/mol. The van der Waals surface area contributed by atoms with Crippen LogP contribution in [0, 0.1) is 13.8 Å². The van der Waals surface area contributed by atoms with Gasteiger partial charge in [0.25, 0.3) is 11.8 Å². The molecule has 1 aromatic carbocycles. The van der Waals surface area contributed by atoms with Crippen LogP contribution >= 0.6 is 0 Å². The molecule has 0 bridgehead atoms. The third-order valence-corrected chi connectivity index (χ3v) is 4.44. The van der Waals surface area contributed by atoms with Gasteiger partial charge in [-0.25, -0.2) is 0 Å². The summed E-state index contributed by atoms with van der Waals surface area (Å²) in [6.07, 6.45) is 0. The van der Waals surface area contributed by atoms with Crippen molar-refractivity contribution in [1.82, 2.24) is 10.2 Å². The van der Waals surface area contributed by atoms with Gasteiger partial charge < -0.3 is 25.2 Å². The Morgan fingerprint density at radius 1 is 1.15 bits per heavy atom. The molecule has 0 aliphatic rings. The fourth-order valence-corrected chi connectivity index (χ4v) is 2.53. The summed E-state index contributed by atoms with van der Waals surface area (Å²) in [5.74, 6) is -0.613. The molecular weight excluding hydrogens is 348 g/mol. The number of likely N-dealkylation sites (N-methyl/N-ethyl adjacent to an activating group) is 2. The van der Waals surface area contributed by atoms with Crippen LogP contribution in [0.3, 0.4) is 0 Å². The summed E-state index contributed by atoms with van der Waals surface area (Å²) in [6.45, 7) is 5.11. The number of nitrogens with one attached hydrogen (secondary N) is 3. The van der Waals surface area contributed by atoms with E-state index in [4.69, 9.17) is 4.74 Å². The number of rotatable bonds is 10. The first kappa shape index (κ1) is 22.6. The highest BCUT2D eigenvalue weighted by Crippen LogP contribution is 2.17. The van der Waals surface area contributed by atoms with Crippen LogP contribution in [0.4, 0.5) is 5.69 Å². The van der Waals surface area contributed by atoms with Crippen molar-refractivity contribution in [3.05, 3.63) is 29.3 Å². The molecule has 0 aliphatic carbocycles. The molecule has 1 aromatic rings. The molecule has 0 saturated heterocycles. The van der Waals surface area contributed by atoms with E-state index in [-0.39, 0.29) is 37.4 Å². The molecule has 1 atom stereocenters. The van der Waals surface area contributed by atoms with Crippen molar-refractivity contribution >= 4 is 23.4 Å². The van der Waals surface area contributed by atoms with Gasteiger partial charge in [0, 0.05) is 26.9 Å². The third kappa shape index (κ3) is 7.76. The van der Waals surface area contributed by atoms with E-state index in [1.807, 2.05) is 32.0 Å². The lowest BCUT2D eigenvalue weighted by molar-refractivity contribution is -0.884. The minimum atomic E-state index is -0.239. The second kappa shape index (κ2) is 11.3. The van der Waals surface area contributed by atoms with Gasteiger partial charge in [-0.05, 0) is 31.0 Å². The normalized spacial score (nSPS) is 11.6. The van der Waals surface area contributed by atoms with Crippen LogP contribution < -0.4 is 15.5 Å². The summed E-state index contributed by atoms with van der Waals surface area (Å²) in [4.78, 5) is 38.4. The van der Waals surface area contributed by atoms with Gasteiger partial charge in [-0.15, -0.1) is 0 Å². The standard InChI is InChI=1S/C19H30N4O4/c1-14-7-6-8-16(15(14)2)21-18(25)12-23(9-10-27-5)13-19(26)22(4)11-17(24)20-3/h6-8H,9-13H2,1-5H3,(H,20,24)(H,21,25)/p+1. The molecule has 0 fully saturated rings. The number of benzene rings is 1. The number of amides is 3. The Morgan fingerprint density at radius 3 is 2.48 bits per heavy atom. The van der Waals surface area contributed by atoms with Gasteiger partial charge in [-0.3, -0.25) is 14.4 Å². The molecule has 3 N–H and O–H groups in total. The Balaban J connectivity index is 2.70. The van der Waals surface area contributed by atoms with Gasteiger partial charge in [0.2, 0.25) is 5.91 Å². The number of ether oxygens (including phenoxy) is 1. The Hall–Kier alpha value is -2.45. The van der Waals surface area contributed by atoms with E-state index in [9.17, 15) is 14.4 Å². The molecule has 8 heteroatoms. The van der Waals surface area contributed by atoms with E-state index in [0.29, 0.717) is 13.2 Å². The number of anilines is 1. The van der Waals surface area contributed by atoms with Crippen molar-refractivity contribution in [3.8, 4) is 0 Å². The van der Waals surface area contributed by atoms with E-state index < -0.39 is 0 Å². The second-order valence-corrected chi connectivity index (χ2v) is 6.56. The van der Waals surface area contributed by atoms with Gasteiger partial charge in [0.1, 0.15) is 6.54 Å². The lowest BCUT2D eigenvalue weighted by Gasteiger charge is -2.22. The van der Waals surface area contributed by atoms with Gasteiger partial charge in [0.05, 0.1) is 13.2 Å². The van der Waals surface area contributed by atoms with Crippen molar-refractivity contribution in [2.24, 2.45) is 0 Å². The fourth-order valence-electron chi connectivity index (χ4n) is 2.53. The Bertz CT molecular complexity index is 663. The van der Waals surface area contributed by atoms with Crippen LogP contribution in [0.2, 0.25) is 0 Å². The maximum absolute atomic E-state index is 12.5. The number of quaternary nitrogens is 1. The fraction of sp³-hybridized carbons (Fsp3) is 0.526. The van der Waals surface area contributed by atoms with Crippen LogP contribution in [0.25, 0.3) is 0 Å². The monoisotopic (exact) mass is 379 g/mol. The van der Waals surface area contributed by atoms with Crippen molar-refractivity contribution in [2.45, 2.75) is 13.8 Å². The molecule has 0 heterocycles. The van der Waals surface area contributed by atoms with Crippen LogP contribution in [-0.4, -0.2) is 76.6 Å². The van der Waals surface area contributed by atoms with Crippen LogP contribution in [0.15, 0.2) is 18.2 Å². The predicted octanol–water partition coefficient (Wildman–Crippen LogP) is -1.02. The Labute approximate surface area is 160 Å². The molecule has 150 valence electrons. The maximum Gasteiger partial charge on any atom is 0.279 e.